The molecule has 4 rings (SSSR count). The summed E-state index contributed by atoms with van der Waals surface area (Å²) >= 11 is 0. The van der Waals surface area contributed by atoms with Crippen molar-refractivity contribution >= 4 is 17.6 Å². The van der Waals surface area contributed by atoms with Gasteiger partial charge in [0.25, 0.3) is 5.91 Å². The molecule has 0 atom stereocenters. The predicted molar refractivity (Wildman–Crippen MR) is 128 cm³/mol. The van der Waals surface area contributed by atoms with E-state index in [2.05, 4.69) is 41.1 Å². The number of urea groups is 1. The Balaban J connectivity index is 1.25. The van der Waals surface area contributed by atoms with Crippen LogP contribution < -0.4 is 10.2 Å². The van der Waals surface area contributed by atoms with Crippen LogP contribution in [0.5, 0.6) is 0 Å². The molecule has 3 amide bonds. The van der Waals surface area contributed by atoms with Crippen molar-refractivity contribution in [1.82, 2.24) is 20.0 Å². The van der Waals surface area contributed by atoms with E-state index in [0.29, 0.717) is 38.3 Å². The van der Waals surface area contributed by atoms with Gasteiger partial charge in [0, 0.05) is 75.7 Å². The maximum atomic E-state index is 13.0. The molecule has 176 valence electrons. The molecule has 0 aromatic heterocycles. The summed E-state index contributed by atoms with van der Waals surface area (Å²) in [6.45, 7) is 11.1. The molecule has 1 saturated carbocycles. The first-order valence-electron chi connectivity index (χ1n) is 12.4. The van der Waals surface area contributed by atoms with Gasteiger partial charge in [-0.3, -0.25) is 9.69 Å². The number of carbonyl (C=O) groups is 2. The molecule has 3 aliphatic rings. The average molecular weight is 442 g/mol. The molecule has 0 bridgehead atoms. The van der Waals surface area contributed by atoms with E-state index in [4.69, 9.17) is 0 Å². The lowest BCUT2D eigenvalue weighted by Crippen LogP contribution is -2.54. The molecule has 0 unspecified atom stereocenters. The molecule has 1 N–H and O–H groups in total. The molecular weight excluding hydrogens is 402 g/mol. The SMILES string of the molecule is CC(C)N1CCN(c2ccc(C(=O)N3CCN(C(=O)NC4CCCCC4)CC3)cc2)CC1. The Morgan fingerprint density at radius 3 is 2.00 bits per heavy atom. The van der Waals surface area contributed by atoms with Gasteiger partial charge >= 0.3 is 6.03 Å². The number of carbonyl (C=O) groups excluding carboxylic acids is 2. The first kappa shape index (κ1) is 22.9. The van der Waals surface area contributed by atoms with Crippen LogP contribution in [-0.4, -0.2) is 91.1 Å². The van der Waals surface area contributed by atoms with Crippen molar-refractivity contribution in [2.75, 3.05) is 57.3 Å². The molecule has 2 heterocycles. The van der Waals surface area contributed by atoms with Crippen LogP contribution in [0, 0.1) is 0 Å². The molecule has 1 aliphatic carbocycles. The zero-order valence-electron chi connectivity index (χ0n) is 19.8. The van der Waals surface area contributed by atoms with Crippen LogP contribution >= 0.6 is 0 Å². The van der Waals surface area contributed by atoms with Gasteiger partial charge in [0.05, 0.1) is 0 Å². The summed E-state index contributed by atoms with van der Waals surface area (Å²) in [4.78, 5) is 34.2. The van der Waals surface area contributed by atoms with Crippen molar-refractivity contribution in [1.29, 1.82) is 0 Å². The van der Waals surface area contributed by atoms with Crippen molar-refractivity contribution in [3.63, 3.8) is 0 Å². The number of hydrogen-bond acceptors (Lipinski definition) is 4. The highest BCUT2D eigenvalue weighted by Crippen LogP contribution is 2.20. The quantitative estimate of drug-likeness (QED) is 0.780. The summed E-state index contributed by atoms with van der Waals surface area (Å²) in [5.74, 6) is 0.0634. The maximum Gasteiger partial charge on any atom is 0.317 e. The average Bonchev–Trinajstić information content (AvgIpc) is 2.84. The van der Waals surface area contributed by atoms with E-state index in [-0.39, 0.29) is 11.9 Å². The van der Waals surface area contributed by atoms with Crippen LogP contribution in [0.15, 0.2) is 24.3 Å². The smallest absolute Gasteiger partial charge is 0.317 e. The van der Waals surface area contributed by atoms with Gasteiger partial charge in [0.15, 0.2) is 0 Å². The van der Waals surface area contributed by atoms with Crippen LogP contribution in [0.1, 0.15) is 56.3 Å². The Labute approximate surface area is 192 Å². The van der Waals surface area contributed by atoms with Crippen molar-refractivity contribution in [3.8, 4) is 0 Å². The second-order valence-corrected chi connectivity index (χ2v) is 9.73. The molecule has 7 heteroatoms. The Morgan fingerprint density at radius 1 is 0.812 bits per heavy atom. The Morgan fingerprint density at radius 2 is 1.41 bits per heavy atom. The largest absolute Gasteiger partial charge is 0.369 e. The molecule has 0 spiro atoms. The zero-order chi connectivity index (χ0) is 22.5. The molecule has 2 saturated heterocycles. The lowest BCUT2D eigenvalue weighted by molar-refractivity contribution is 0.0662. The lowest BCUT2D eigenvalue weighted by Gasteiger charge is -2.38. The van der Waals surface area contributed by atoms with Crippen molar-refractivity contribution in [3.05, 3.63) is 29.8 Å². The third kappa shape index (κ3) is 5.55. The van der Waals surface area contributed by atoms with Crippen molar-refractivity contribution in [2.45, 2.75) is 58.0 Å². The first-order valence-corrected chi connectivity index (χ1v) is 12.4. The highest BCUT2D eigenvalue weighted by molar-refractivity contribution is 5.94. The molecule has 32 heavy (non-hydrogen) atoms. The highest BCUT2D eigenvalue weighted by Gasteiger charge is 2.27. The number of amides is 3. The summed E-state index contributed by atoms with van der Waals surface area (Å²) in [5.41, 5.74) is 1.92. The molecule has 0 radical (unpaired) electrons. The van der Waals surface area contributed by atoms with Gasteiger partial charge in [-0.25, -0.2) is 4.79 Å². The van der Waals surface area contributed by atoms with Gasteiger partial charge in [-0.15, -0.1) is 0 Å². The van der Waals surface area contributed by atoms with Gasteiger partial charge in [-0.05, 0) is 51.0 Å². The Kier molecular flexibility index (Phi) is 7.55. The normalized spacial score (nSPS) is 21.2. The standard InChI is InChI=1S/C25H39N5O2/c1-20(2)27-12-14-28(15-13-27)23-10-8-21(9-11-23)24(31)29-16-18-30(19-17-29)25(32)26-22-6-4-3-5-7-22/h8-11,20,22H,3-7,12-19H2,1-2H3,(H,26,32). The number of nitrogens with one attached hydrogen (secondary N) is 1. The number of anilines is 1. The van der Waals surface area contributed by atoms with Gasteiger partial charge < -0.3 is 20.0 Å². The Hall–Kier alpha value is -2.28. The van der Waals surface area contributed by atoms with Crippen LogP contribution in [0.3, 0.4) is 0 Å². The summed E-state index contributed by atoms with van der Waals surface area (Å²) in [7, 11) is 0. The van der Waals surface area contributed by atoms with Crippen LogP contribution in [-0.2, 0) is 0 Å². The van der Waals surface area contributed by atoms with Gasteiger partial charge in [-0.1, -0.05) is 19.3 Å². The maximum absolute atomic E-state index is 13.0. The van der Waals surface area contributed by atoms with Gasteiger partial charge in [0.2, 0.25) is 0 Å². The van der Waals surface area contributed by atoms with Crippen LogP contribution in [0.4, 0.5) is 10.5 Å². The fourth-order valence-electron chi connectivity index (χ4n) is 5.12. The lowest BCUT2D eigenvalue weighted by atomic mass is 9.96. The fourth-order valence-corrected chi connectivity index (χ4v) is 5.12. The second kappa shape index (κ2) is 10.6. The fraction of sp³-hybridized carbons (Fsp3) is 0.680. The number of nitrogens with zero attached hydrogens (tertiary/aromatic N) is 4. The number of benzene rings is 1. The molecule has 7 nitrogen and oxygen atoms in total. The van der Waals surface area contributed by atoms with E-state index < -0.39 is 0 Å². The second-order valence-electron chi connectivity index (χ2n) is 9.73. The van der Waals surface area contributed by atoms with Gasteiger partial charge in [-0.2, -0.15) is 0 Å². The van der Waals surface area contributed by atoms with Crippen LogP contribution in [0.2, 0.25) is 0 Å². The topological polar surface area (TPSA) is 59.1 Å². The minimum absolute atomic E-state index is 0.0333. The van der Waals surface area contributed by atoms with Crippen molar-refractivity contribution in [2.24, 2.45) is 0 Å². The van der Waals surface area contributed by atoms with Crippen LogP contribution in [0.25, 0.3) is 0 Å². The number of hydrogen-bond donors (Lipinski definition) is 1. The summed E-state index contributed by atoms with van der Waals surface area (Å²) in [6, 6.07) is 9.01. The summed E-state index contributed by atoms with van der Waals surface area (Å²) in [5, 5.41) is 3.19. The van der Waals surface area contributed by atoms with E-state index in [1.54, 1.807) is 0 Å². The van der Waals surface area contributed by atoms with E-state index in [0.717, 1.165) is 44.6 Å². The third-order valence-corrected chi connectivity index (χ3v) is 7.31. The number of piperazine rings is 2. The summed E-state index contributed by atoms with van der Waals surface area (Å²) < 4.78 is 0. The molecule has 1 aromatic carbocycles. The monoisotopic (exact) mass is 441 g/mol. The molecular formula is C25H39N5O2. The summed E-state index contributed by atoms with van der Waals surface area (Å²) in [6.07, 6.45) is 5.88. The van der Waals surface area contributed by atoms with Gasteiger partial charge in [0.1, 0.15) is 0 Å². The molecule has 3 fully saturated rings. The minimum Gasteiger partial charge on any atom is -0.369 e. The van der Waals surface area contributed by atoms with Crippen molar-refractivity contribution < 1.29 is 9.59 Å². The van der Waals surface area contributed by atoms with E-state index in [1.165, 1.54) is 24.9 Å². The highest BCUT2D eigenvalue weighted by atomic mass is 16.2. The first-order chi connectivity index (χ1) is 15.5. The van der Waals surface area contributed by atoms with E-state index in [1.807, 2.05) is 21.9 Å². The molecule has 1 aromatic rings. The third-order valence-electron chi connectivity index (χ3n) is 7.31. The number of rotatable bonds is 4. The molecule has 2 aliphatic heterocycles. The minimum atomic E-state index is 0.0333. The predicted octanol–water partition coefficient (Wildman–Crippen LogP) is 3.02. The zero-order valence-corrected chi connectivity index (χ0v) is 19.8. The Bertz CT molecular complexity index is 759. The van der Waals surface area contributed by atoms with E-state index in [9.17, 15) is 9.59 Å². The van der Waals surface area contributed by atoms with E-state index >= 15 is 0 Å².